The predicted molar refractivity (Wildman–Crippen MR) is 91.8 cm³/mol. The van der Waals surface area contributed by atoms with Crippen LogP contribution in [0.4, 0.5) is 0 Å². The molecular formula is C20H27NO. The van der Waals surface area contributed by atoms with E-state index in [1.165, 1.54) is 17.5 Å². The van der Waals surface area contributed by atoms with Crippen molar-refractivity contribution in [1.29, 1.82) is 0 Å². The van der Waals surface area contributed by atoms with Crippen molar-refractivity contribution in [1.82, 2.24) is 5.32 Å². The van der Waals surface area contributed by atoms with Crippen molar-refractivity contribution in [2.45, 2.75) is 51.5 Å². The molecule has 4 atom stereocenters. The Kier molecular flexibility index (Phi) is 4.49. The maximum absolute atomic E-state index is 12.6. The fourth-order valence-electron chi connectivity index (χ4n) is 4.27. The molecule has 2 heterocycles. The number of nitrogens with one attached hydrogen (secondary N) is 1. The number of carbonyl (C=O) groups is 1. The van der Waals surface area contributed by atoms with Gasteiger partial charge in [0.2, 0.25) is 0 Å². The fraction of sp³-hybridized carbons (Fsp3) is 0.550. The van der Waals surface area contributed by atoms with Crippen molar-refractivity contribution in [2.75, 3.05) is 6.54 Å². The van der Waals surface area contributed by atoms with Crippen LogP contribution >= 0.6 is 0 Å². The lowest BCUT2D eigenvalue weighted by atomic mass is 9.77. The highest BCUT2D eigenvalue weighted by Crippen LogP contribution is 2.42. The van der Waals surface area contributed by atoms with Crippen molar-refractivity contribution in [3.63, 3.8) is 0 Å². The minimum Gasteiger partial charge on any atom is -0.313 e. The van der Waals surface area contributed by atoms with E-state index in [4.69, 9.17) is 0 Å². The topological polar surface area (TPSA) is 29.1 Å². The normalized spacial score (nSPS) is 30.8. The van der Waals surface area contributed by atoms with Crippen LogP contribution in [0.3, 0.4) is 0 Å². The number of benzene rings is 1. The molecule has 0 spiro atoms. The largest absolute Gasteiger partial charge is 0.313 e. The number of ketones is 1. The summed E-state index contributed by atoms with van der Waals surface area (Å²) in [4.78, 5) is 12.6. The number of carbonyl (C=O) groups excluding carboxylic acids is 1. The van der Waals surface area contributed by atoms with E-state index in [0.717, 1.165) is 30.9 Å². The van der Waals surface area contributed by atoms with Crippen LogP contribution in [-0.4, -0.2) is 18.4 Å². The van der Waals surface area contributed by atoms with E-state index in [2.05, 4.69) is 36.2 Å². The second kappa shape index (κ2) is 6.37. The number of rotatable bonds is 4. The Morgan fingerprint density at radius 2 is 2.00 bits per heavy atom. The number of Topliss-reactive ketones (excluding diaryl/α,β-unsaturated/α-hetero) is 1. The monoisotopic (exact) mass is 297 g/mol. The summed E-state index contributed by atoms with van der Waals surface area (Å²) < 4.78 is 0. The number of hydrogen-bond donors (Lipinski definition) is 1. The molecule has 2 aliphatic heterocycles. The lowest BCUT2D eigenvalue weighted by Gasteiger charge is -2.30. The van der Waals surface area contributed by atoms with E-state index in [9.17, 15) is 4.79 Å². The molecule has 3 fully saturated rings. The van der Waals surface area contributed by atoms with E-state index < -0.39 is 0 Å². The maximum atomic E-state index is 12.6. The predicted octanol–water partition coefficient (Wildman–Crippen LogP) is 4.17. The van der Waals surface area contributed by atoms with Gasteiger partial charge in [0.15, 0.2) is 0 Å². The quantitative estimate of drug-likeness (QED) is 0.903. The van der Waals surface area contributed by atoms with Gasteiger partial charge in [0.05, 0.1) is 0 Å². The van der Waals surface area contributed by atoms with Gasteiger partial charge in [0.25, 0.3) is 0 Å². The summed E-state index contributed by atoms with van der Waals surface area (Å²) >= 11 is 0. The van der Waals surface area contributed by atoms with E-state index in [1.807, 2.05) is 13.8 Å². The minimum atomic E-state index is 0.146. The van der Waals surface area contributed by atoms with Crippen LogP contribution in [0.25, 0.3) is 5.57 Å². The van der Waals surface area contributed by atoms with Crippen LogP contribution in [0.5, 0.6) is 0 Å². The van der Waals surface area contributed by atoms with Crippen molar-refractivity contribution < 1.29 is 4.79 Å². The molecule has 1 saturated carbocycles. The van der Waals surface area contributed by atoms with Gasteiger partial charge in [-0.2, -0.15) is 0 Å². The lowest BCUT2D eigenvalue weighted by molar-refractivity contribution is -0.124. The molecule has 1 aromatic rings. The second-order valence-corrected chi connectivity index (χ2v) is 7.05. The highest BCUT2D eigenvalue weighted by Gasteiger charge is 2.41. The van der Waals surface area contributed by atoms with Gasteiger partial charge in [0, 0.05) is 18.4 Å². The van der Waals surface area contributed by atoms with Crippen molar-refractivity contribution in [3.8, 4) is 0 Å². The molecule has 118 valence electrons. The summed E-state index contributed by atoms with van der Waals surface area (Å²) in [6.07, 6.45) is 4.22. The molecule has 1 aromatic carbocycles. The molecule has 2 bridgehead atoms. The standard InChI is InChI=1S/C20H27NO/c1-4-19(22)20-17(11-14-5-10-18(20)21-12-14)16-8-6-15(7-9-16)13(2)3/h6-9,14,17-18,20-21H,2,4-5,10-12H2,1,3H3/t14-,17-,18+,20-/m0/s1. The van der Waals surface area contributed by atoms with E-state index in [0.29, 0.717) is 24.2 Å². The van der Waals surface area contributed by atoms with Crippen LogP contribution in [0.15, 0.2) is 30.8 Å². The Bertz CT molecular complexity index is 552. The summed E-state index contributed by atoms with van der Waals surface area (Å²) in [5.74, 6) is 1.66. The van der Waals surface area contributed by atoms with E-state index in [-0.39, 0.29) is 5.92 Å². The molecule has 2 saturated heterocycles. The third-order valence-corrected chi connectivity index (χ3v) is 5.56. The Morgan fingerprint density at radius 3 is 2.55 bits per heavy atom. The molecule has 1 aliphatic carbocycles. The van der Waals surface area contributed by atoms with Crippen molar-refractivity contribution in [3.05, 3.63) is 42.0 Å². The van der Waals surface area contributed by atoms with Gasteiger partial charge in [-0.1, -0.05) is 43.3 Å². The molecule has 3 aliphatic rings. The summed E-state index contributed by atoms with van der Waals surface area (Å²) in [6.45, 7) is 9.13. The smallest absolute Gasteiger partial charge is 0.137 e. The fourth-order valence-corrected chi connectivity index (χ4v) is 4.27. The molecule has 2 heteroatoms. The van der Waals surface area contributed by atoms with Crippen molar-refractivity contribution in [2.24, 2.45) is 11.8 Å². The summed E-state index contributed by atoms with van der Waals surface area (Å²) in [5, 5.41) is 3.64. The Hall–Kier alpha value is -1.41. The zero-order valence-electron chi connectivity index (χ0n) is 13.8. The van der Waals surface area contributed by atoms with Crippen LogP contribution in [-0.2, 0) is 4.79 Å². The van der Waals surface area contributed by atoms with Gasteiger partial charge in [-0.3, -0.25) is 4.79 Å². The first-order valence-electron chi connectivity index (χ1n) is 8.62. The van der Waals surface area contributed by atoms with Gasteiger partial charge in [-0.25, -0.2) is 0 Å². The Labute approximate surface area is 134 Å². The third-order valence-electron chi connectivity index (χ3n) is 5.56. The van der Waals surface area contributed by atoms with Crippen LogP contribution in [0, 0.1) is 11.8 Å². The van der Waals surface area contributed by atoms with E-state index >= 15 is 0 Å². The number of fused-ring (bicyclic) bond motifs is 4. The zero-order valence-corrected chi connectivity index (χ0v) is 13.8. The molecule has 4 rings (SSSR count). The average Bonchev–Trinajstić information content (AvgIpc) is 2.84. The molecule has 0 aromatic heterocycles. The molecule has 0 unspecified atom stereocenters. The molecule has 22 heavy (non-hydrogen) atoms. The van der Waals surface area contributed by atoms with Crippen LogP contribution in [0.2, 0.25) is 0 Å². The van der Waals surface area contributed by atoms with Gasteiger partial charge in [0.1, 0.15) is 5.78 Å². The number of piperidine rings is 1. The first-order valence-corrected chi connectivity index (χ1v) is 8.62. The third kappa shape index (κ3) is 2.89. The number of hydrogen-bond acceptors (Lipinski definition) is 2. The molecule has 0 radical (unpaired) electrons. The number of allylic oxidation sites excluding steroid dienone is 1. The molecule has 1 N–H and O–H groups in total. The highest BCUT2D eigenvalue weighted by atomic mass is 16.1. The van der Waals surface area contributed by atoms with Crippen LogP contribution < -0.4 is 5.32 Å². The summed E-state index contributed by atoms with van der Waals surface area (Å²) in [6, 6.07) is 9.12. The minimum absolute atomic E-state index is 0.146. The highest BCUT2D eigenvalue weighted by molar-refractivity contribution is 5.82. The SMILES string of the molecule is C=C(C)c1ccc([C@@H]2C[C@@H]3CC[C@@H](NC3)[C@H]2C(=O)CC)cc1. The van der Waals surface area contributed by atoms with Gasteiger partial charge in [-0.15, -0.1) is 0 Å². The van der Waals surface area contributed by atoms with Crippen molar-refractivity contribution >= 4 is 11.4 Å². The Morgan fingerprint density at radius 1 is 1.27 bits per heavy atom. The Balaban J connectivity index is 1.94. The average molecular weight is 297 g/mol. The molecule has 2 nitrogen and oxygen atoms in total. The second-order valence-electron chi connectivity index (χ2n) is 7.05. The first-order chi connectivity index (χ1) is 10.6. The molecular weight excluding hydrogens is 270 g/mol. The van der Waals surface area contributed by atoms with E-state index in [1.54, 1.807) is 0 Å². The van der Waals surface area contributed by atoms with Crippen LogP contribution in [0.1, 0.15) is 56.6 Å². The summed E-state index contributed by atoms with van der Waals surface area (Å²) in [5.41, 5.74) is 3.62. The maximum Gasteiger partial charge on any atom is 0.137 e. The van der Waals surface area contributed by atoms with Gasteiger partial charge < -0.3 is 5.32 Å². The lowest BCUT2D eigenvalue weighted by Crippen LogP contribution is -2.43. The summed E-state index contributed by atoms with van der Waals surface area (Å²) in [7, 11) is 0. The zero-order chi connectivity index (χ0) is 15.7. The van der Waals surface area contributed by atoms with Gasteiger partial charge in [-0.05, 0) is 55.7 Å². The molecule has 0 amide bonds. The van der Waals surface area contributed by atoms with Gasteiger partial charge >= 0.3 is 0 Å². The first kappa shape index (κ1) is 15.5.